The van der Waals surface area contributed by atoms with Crippen molar-refractivity contribution >= 4 is 21.4 Å². The van der Waals surface area contributed by atoms with E-state index in [0.29, 0.717) is 23.0 Å². The molecule has 2 rings (SSSR count). The second-order valence-electron chi connectivity index (χ2n) is 4.02. The molecule has 0 spiro atoms. The molecule has 102 valence electrons. The van der Waals surface area contributed by atoms with Crippen molar-refractivity contribution in [1.29, 1.82) is 0 Å². The predicted molar refractivity (Wildman–Crippen MR) is 70.8 cm³/mol. The van der Waals surface area contributed by atoms with Crippen LogP contribution in [0.3, 0.4) is 0 Å². The maximum absolute atomic E-state index is 11.5. The summed E-state index contributed by atoms with van der Waals surface area (Å²) in [6.07, 6.45) is 1.58. The van der Waals surface area contributed by atoms with E-state index in [1.165, 1.54) is 6.07 Å². The van der Waals surface area contributed by atoms with Gasteiger partial charge in [-0.15, -0.1) is 0 Å². The lowest BCUT2D eigenvalue weighted by Gasteiger charge is -2.10. The van der Waals surface area contributed by atoms with E-state index in [2.05, 4.69) is 10.3 Å². The van der Waals surface area contributed by atoms with Gasteiger partial charge in [-0.2, -0.15) is 0 Å². The molecule has 0 radical (unpaired) electrons. The van der Waals surface area contributed by atoms with Crippen LogP contribution in [0.2, 0.25) is 0 Å². The monoisotopic (exact) mass is 282 g/mol. The number of nitrogens with zero attached hydrogens (tertiary/aromatic N) is 1. The van der Waals surface area contributed by atoms with Crippen LogP contribution in [-0.4, -0.2) is 13.4 Å². The molecule has 7 nitrogen and oxygen atoms in total. The fourth-order valence-corrected chi connectivity index (χ4v) is 2.32. The van der Waals surface area contributed by atoms with Crippen molar-refractivity contribution in [2.24, 2.45) is 5.14 Å². The van der Waals surface area contributed by atoms with Crippen molar-refractivity contribution in [3.05, 3.63) is 36.0 Å². The van der Waals surface area contributed by atoms with Gasteiger partial charge < -0.3 is 15.5 Å². The molecule has 0 saturated heterocycles. The number of aryl methyl sites for hydroxylation is 1. The first-order valence-electron chi connectivity index (χ1n) is 5.44. The second kappa shape index (κ2) is 4.90. The van der Waals surface area contributed by atoms with Crippen molar-refractivity contribution in [2.75, 3.05) is 11.1 Å². The summed E-state index contributed by atoms with van der Waals surface area (Å²) in [5, 5.41) is 8.04. The fourth-order valence-electron chi connectivity index (χ4n) is 1.57. The minimum atomic E-state index is -3.85. The number of anilines is 2. The van der Waals surface area contributed by atoms with Crippen LogP contribution in [0.5, 0.6) is 0 Å². The third kappa shape index (κ3) is 3.24. The summed E-state index contributed by atoms with van der Waals surface area (Å²) >= 11 is 0. The molecule has 0 saturated carbocycles. The van der Waals surface area contributed by atoms with Gasteiger partial charge in [0.2, 0.25) is 15.9 Å². The quantitative estimate of drug-likeness (QED) is 0.713. The average molecular weight is 282 g/mol. The molecule has 19 heavy (non-hydrogen) atoms. The Morgan fingerprint density at radius 2 is 2.16 bits per heavy atom. The molecule has 0 bridgehead atoms. The van der Waals surface area contributed by atoms with Crippen molar-refractivity contribution < 1.29 is 12.8 Å². The number of nitrogen functional groups attached to an aromatic ring is 1. The average Bonchev–Trinajstić information content (AvgIpc) is 2.72. The molecule has 1 aromatic heterocycles. The summed E-state index contributed by atoms with van der Waals surface area (Å²) in [6.45, 7) is 2.02. The van der Waals surface area contributed by atoms with Gasteiger partial charge in [0.05, 0.1) is 18.4 Å². The zero-order valence-electron chi connectivity index (χ0n) is 10.3. The summed E-state index contributed by atoms with van der Waals surface area (Å²) in [6, 6.07) is 4.43. The number of sulfonamides is 1. The minimum Gasteiger partial charge on any atom is -0.444 e. The molecule has 0 unspecified atom stereocenters. The van der Waals surface area contributed by atoms with Crippen LogP contribution in [0, 0.1) is 6.92 Å². The van der Waals surface area contributed by atoms with E-state index in [1.54, 1.807) is 25.3 Å². The van der Waals surface area contributed by atoms with Gasteiger partial charge in [-0.05, 0) is 25.1 Å². The summed E-state index contributed by atoms with van der Waals surface area (Å²) in [7, 11) is -3.85. The molecule has 1 aromatic carbocycles. The molecule has 1 heterocycles. The zero-order valence-corrected chi connectivity index (χ0v) is 11.1. The molecular formula is C11H14N4O3S. The van der Waals surface area contributed by atoms with Crippen LogP contribution in [0.15, 0.2) is 33.7 Å². The number of aromatic nitrogens is 1. The highest BCUT2D eigenvalue weighted by Gasteiger charge is 2.14. The summed E-state index contributed by atoms with van der Waals surface area (Å²) in [5.74, 6) is 1.13. The smallest absolute Gasteiger partial charge is 0.240 e. The van der Waals surface area contributed by atoms with E-state index in [9.17, 15) is 8.42 Å². The number of nitrogens with one attached hydrogen (secondary N) is 1. The zero-order chi connectivity index (χ0) is 14.0. The van der Waals surface area contributed by atoms with Crippen LogP contribution in [0.4, 0.5) is 11.4 Å². The highest BCUT2D eigenvalue weighted by Crippen LogP contribution is 2.23. The van der Waals surface area contributed by atoms with Gasteiger partial charge in [0.15, 0.2) is 0 Å². The molecule has 8 heteroatoms. The van der Waals surface area contributed by atoms with E-state index in [1.807, 2.05) is 0 Å². The van der Waals surface area contributed by atoms with Gasteiger partial charge in [0, 0.05) is 5.69 Å². The third-order valence-corrected chi connectivity index (χ3v) is 3.36. The Labute approximate surface area is 110 Å². The highest BCUT2D eigenvalue weighted by molar-refractivity contribution is 7.89. The van der Waals surface area contributed by atoms with Gasteiger partial charge >= 0.3 is 0 Å². The Morgan fingerprint density at radius 3 is 2.74 bits per heavy atom. The Bertz CT molecular complexity index is 694. The first-order chi connectivity index (χ1) is 8.86. The molecule has 0 aliphatic rings. The number of benzene rings is 1. The van der Waals surface area contributed by atoms with Gasteiger partial charge in [0.1, 0.15) is 10.7 Å². The maximum atomic E-state index is 11.5. The first-order valence-corrected chi connectivity index (χ1v) is 6.98. The largest absolute Gasteiger partial charge is 0.444 e. The minimum absolute atomic E-state index is 0.0595. The van der Waals surface area contributed by atoms with Gasteiger partial charge in [-0.1, -0.05) is 0 Å². The molecule has 0 atom stereocenters. The molecule has 0 aliphatic heterocycles. The standard InChI is InChI=1S/C11H14N4O3S/c1-7-5-15-11(18-7)6-14-9-3-2-8(12)4-10(9)19(13,16)17/h2-5,14H,6,12H2,1H3,(H2,13,16,17). The lowest BCUT2D eigenvalue weighted by atomic mass is 10.3. The van der Waals surface area contributed by atoms with Gasteiger partial charge in [-0.25, -0.2) is 18.5 Å². The third-order valence-electron chi connectivity index (χ3n) is 2.41. The highest BCUT2D eigenvalue weighted by atomic mass is 32.2. The molecule has 2 aromatic rings. The summed E-state index contributed by atoms with van der Waals surface area (Å²) in [4.78, 5) is 3.95. The molecular weight excluding hydrogens is 268 g/mol. The topological polar surface area (TPSA) is 124 Å². The summed E-state index contributed by atoms with van der Waals surface area (Å²) < 4.78 is 28.2. The number of oxazole rings is 1. The van der Waals surface area contributed by atoms with Gasteiger partial charge in [0.25, 0.3) is 0 Å². The van der Waals surface area contributed by atoms with Crippen LogP contribution < -0.4 is 16.2 Å². The van der Waals surface area contributed by atoms with Crippen LogP contribution in [0.1, 0.15) is 11.7 Å². The SMILES string of the molecule is Cc1cnc(CNc2ccc(N)cc2S(N)(=O)=O)o1. The van der Waals surface area contributed by atoms with E-state index in [-0.39, 0.29) is 11.4 Å². The lowest BCUT2D eigenvalue weighted by Crippen LogP contribution is -2.15. The van der Waals surface area contributed by atoms with Crippen molar-refractivity contribution in [3.8, 4) is 0 Å². The first kappa shape index (κ1) is 13.4. The number of hydrogen-bond donors (Lipinski definition) is 3. The Kier molecular flexibility index (Phi) is 3.45. The van der Waals surface area contributed by atoms with E-state index in [0.717, 1.165) is 0 Å². The summed E-state index contributed by atoms with van der Waals surface area (Å²) in [5.41, 5.74) is 6.23. The van der Waals surface area contributed by atoms with E-state index < -0.39 is 10.0 Å². The predicted octanol–water partition coefficient (Wildman–Crippen LogP) is 0.825. The van der Waals surface area contributed by atoms with Gasteiger partial charge in [-0.3, -0.25) is 0 Å². The van der Waals surface area contributed by atoms with Crippen molar-refractivity contribution in [1.82, 2.24) is 4.98 Å². The molecule has 0 fully saturated rings. The number of rotatable bonds is 4. The van der Waals surface area contributed by atoms with Crippen LogP contribution in [0.25, 0.3) is 0 Å². The Morgan fingerprint density at radius 1 is 1.42 bits per heavy atom. The fraction of sp³-hybridized carbons (Fsp3) is 0.182. The van der Waals surface area contributed by atoms with Crippen LogP contribution in [-0.2, 0) is 16.6 Å². The second-order valence-corrected chi connectivity index (χ2v) is 5.55. The Balaban J connectivity index is 2.25. The number of hydrogen-bond acceptors (Lipinski definition) is 6. The lowest BCUT2D eigenvalue weighted by molar-refractivity contribution is 0.479. The maximum Gasteiger partial charge on any atom is 0.240 e. The van der Waals surface area contributed by atoms with E-state index >= 15 is 0 Å². The number of nitrogens with two attached hydrogens (primary N) is 2. The number of primary sulfonamides is 1. The molecule has 0 amide bonds. The van der Waals surface area contributed by atoms with Crippen LogP contribution >= 0.6 is 0 Å². The van der Waals surface area contributed by atoms with E-state index in [4.69, 9.17) is 15.3 Å². The Hall–Kier alpha value is -2.06. The van der Waals surface area contributed by atoms with Crippen molar-refractivity contribution in [2.45, 2.75) is 18.4 Å². The molecule has 5 N–H and O–H groups in total. The normalized spacial score (nSPS) is 11.5. The molecule has 0 aliphatic carbocycles. The van der Waals surface area contributed by atoms with Crippen molar-refractivity contribution in [3.63, 3.8) is 0 Å².